The lowest BCUT2D eigenvalue weighted by atomic mass is 10.0. The van der Waals surface area contributed by atoms with E-state index >= 15 is 0 Å². The van der Waals surface area contributed by atoms with E-state index in [0.717, 1.165) is 5.69 Å². The molecule has 1 aromatic rings. The quantitative estimate of drug-likeness (QED) is 0.672. The van der Waals surface area contributed by atoms with Crippen LogP contribution in [0.3, 0.4) is 0 Å². The predicted molar refractivity (Wildman–Crippen MR) is 56.2 cm³/mol. The Labute approximate surface area is 87.6 Å². The van der Waals surface area contributed by atoms with Crippen molar-refractivity contribution in [1.82, 2.24) is 10.3 Å². The predicted octanol–water partition coefficient (Wildman–Crippen LogP) is 0.537. The summed E-state index contributed by atoms with van der Waals surface area (Å²) in [5.41, 5.74) is 2.05. The molecule has 0 bridgehead atoms. The molecule has 0 aliphatic heterocycles. The van der Waals surface area contributed by atoms with Gasteiger partial charge in [-0.15, -0.1) is 11.3 Å². The third-order valence-corrected chi connectivity index (χ3v) is 2.76. The third-order valence-electron chi connectivity index (χ3n) is 2.16. The number of thiazole rings is 1. The molecule has 1 rings (SSSR count). The van der Waals surface area contributed by atoms with Gasteiger partial charge in [0.15, 0.2) is 0 Å². The highest BCUT2D eigenvalue weighted by Gasteiger charge is 2.25. The molecule has 0 amide bonds. The number of aliphatic hydroxyl groups is 2. The summed E-state index contributed by atoms with van der Waals surface area (Å²) < 4.78 is 0. The molecule has 5 heteroatoms. The third kappa shape index (κ3) is 2.75. The van der Waals surface area contributed by atoms with E-state index in [1.165, 1.54) is 11.3 Å². The van der Waals surface area contributed by atoms with Crippen LogP contribution in [0.2, 0.25) is 0 Å². The number of aromatic nitrogens is 1. The topological polar surface area (TPSA) is 65.4 Å². The Morgan fingerprint density at radius 1 is 1.57 bits per heavy atom. The first-order valence-electron chi connectivity index (χ1n) is 4.49. The van der Waals surface area contributed by atoms with Crippen LogP contribution < -0.4 is 5.32 Å². The summed E-state index contributed by atoms with van der Waals surface area (Å²) in [6.45, 7) is 3.53. The van der Waals surface area contributed by atoms with Crippen LogP contribution in [-0.2, 0) is 0 Å². The van der Waals surface area contributed by atoms with Gasteiger partial charge in [-0.3, -0.25) is 5.32 Å². The van der Waals surface area contributed by atoms with E-state index in [1.807, 2.05) is 12.3 Å². The number of nitrogens with zero attached hydrogens (tertiary/aromatic N) is 1. The van der Waals surface area contributed by atoms with Crippen LogP contribution in [0.15, 0.2) is 10.9 Å². The van der Waals surface area contributed by atoms with Crippen molar-refractivity contribution in [2.24, 2.45) is 0 Å². The SMILES string of the molecule is CC(NC(C)(CO)CO)c1cscn1. The zero-order valence-corrected chi connectivity index (χ0v) is 9.21. The fraction of sp³-hybridized carbons (Fsp3) is 0.667. The normalized spacial score (nSPS) is 14.3. The van der Waals surface area contributed by atoms with E-state index in [1.54, 1.807) is 12.4 Å². The molecule has 0 aromatic carbocycles. The van der Waals surface area contributed by atoms with Crippen LogP contribution in [-0.4, -0.2) is 33.9 Å². The van der Waals surface area contributed by atoms with E-state index in [9.17, 15) is 0 Å². The molecule has 0 aliphatic rings. The van der Waals surface area contributed by atoms with E-state index in [2.05, 4.69) is 10.3 Å². The van der Waals surface area contributed by atoms with Crippen molar-refractivity contribution < 1.29 is 10.2 Å². The highest BCUT2D eigenvalue weighted by Crippen LogP contribution is 2.15. The maximum absolute atomic E-state index is 9.09. The lowest BCUT2D eigenvalue weighted by molar-refractivity contribution is 0.0954. The van der Waals surface area contributed by atoms with Crippen molar-refractivity contribution in [2.75, 3.05) is 13.2 Å². The molecule has 1 unspecified atom stereocenters. The highest BCUT2D eigenvalue weighted by atomic mass is 32.1. The zero-order chi connectivity index (χ0) is 10.6. The highest BCUT2D eigenvalue weighted by molar-refractivity contribution is 7.07. The molecule has 80 valence electrons. The summed E-state index contributed by atoms with van der Waals surface area (Å²) in [6, 6.07) is 0.0329. The van der Waals surface area contributed by atoms with Crippen molar-refractivity contribution in [2.45, 2.75) is 25.4 Å². The van der Waals surface area contributed by atoms with E-state index in [-0.39, 0.29) is 19.3 Å². The van der Waals surface area contributed by atoms with Crippen molar-refractivity contribution in [1.29, 1.82) is 0 Å². The number of aliphatic hydroxyl groups excluding tert-OH is 2. The van der Waals surface area contributed by atoms with Crippen LogP contribution in [0.1, 0.15) is 25.6 Å². The van der Waals surface area contributed by atoms with Crippen LogP contribution in [0, 0.1) is 0 Å². The van der Waals surface area contributed by atoms with Gasteiger partial charge in [0.2, 0.25) is 0 Å². The Balaban J connectivity index is 2.60. The molecule has 3 N–H and O–H groups in total. The van der Waals surface area contributed by atoms with Gasteiger partial charge in [-0.05, 0) is 13.8 Å². The number of nitrogens with one attached hydrogen (secondary N) is 1. The maximum atomic E-state index is 9.09. The largest absolute Gasteiger partial charge is 0.394 e. The van der Waals surface area contributed by atoms with Crippen LogP contribution in [0.5, 0.6) is 0 Å². The Kier molecular flexibility index (Phi) is 4.00. The molecule has 1 heterocycles. The van der Waals surface area contributed by atoms with E-state index in [0.29, 0.717) is 0 Å². The summed E-state index contributed by atoms with van der Waals surface area (Å²) in [5, 5.41) is 23.3. The molecule has 14 heavy (non-hydrogen) atoms. The zero-order valence-electron chi connectivity index (χ0n) is 8.40. The molecular weight excluding hydrogens is 200 g/mol. The van der Waals surface area contributed by atoms with Gasteiger partial charge in [0.25, 0.3) is 0 Å². The molecule has 4 nitrogen and oxygen atoms in total. The van der Waals surface area contributed by atoms with Crippen molar-refractivity contribution in [3.8, 4) is 0 Å². The summed E-state index contributed by atoms with van der Waals surface area (Å²) in [5.74, 6) is 0. The number of hydrogen-bond acceptors (Lipinski definition) is 5. The molecular formula is C9H16N2O2S. The minimum atomic E-state index is -0.650. The molecule has 0 fully saturated rings. The molecule has 0 aliphatic carbocycles. The molecule has 1 atom stereocenters. The van der Waals surface area contributed by atoms with E-state index < -0.39 is 5.54 Å². The average molecular weight is 216 g/mol. The summed E-state index contributed by atoms with van der Waals surface area (Å²) in [4.78, 5) is 4.16. The minimum absolute atomic E-state index is 0.0329. The second-order valence-electron chi connectivity index (χ2n) is 3.66. The van der Waals surface area contributed by atoms with Gasteiger partial charge < -0.3 is 10.2 Å². The van der Waals surface area contributed by atoms with Gasteiger partial charge in [0.1, 0.15) is 0 Å². The maximum Gasteiger partial charge on any atom is 0.0795 e. The van der Waals surface area contributed by atoms with E-state index in [4.69, 9.17) is 10.2 Å². The lowest BCUT2D eigenvalue weighted by Gasteiger charge is -2.29. The van der Waals surface area contributed by atoms with Crippen LogP contribution in [0.25, 0.3) is 0 Å². The van der Waals surface area contributed by atoms with Crippen LogP contribution >= 0.6 is 11.3 Å². The molecule has 0 saturated heterocycles. The Morgan fingerprint density at radius 3 is 2.64 bits per heavy atom. The fourth-order valence-corrected chi connectivity index (χ4v) is 1.82. The van der Waals surface area contributed by atoms with Crippen molar-refractivity contribution >= 4 is 11.3 Å². The molecule has 0 radical (unpaired) electrons. The monoisotopic (exact) mass is 216 g/mol. The Bertz CT molecular complexity index is 260. The Morgan fingerprint density at radius 2 is 2.21 bits per heavy atom. The first kappa shape index (κ1) is 11.6. The summed E-state index contributed by atoms with van der Waals surface area (Å²) >= 11 is 1.53. The first-order valence-corrected chi connectivity index (χ1v) is 5.43. The Hall–Kier alpha value is -0.490. The van der Waals surface area contributed by atoms with Crippen LogP contribution in [0.4, 0.5) is 0 Å². The number of rotatable bonds is 5. The van der Waals surface area contributed by atoms with Gasteiger partial charge in [-0.2, -0.15) is 0 Å². The smallest absolute Gasteiger partial charge is 0.0795 e. The minimum Gasteiger partial charge on any atom is -0.394 e. The average Bonchev–Trinajstić information content (AvgIpc) is 2.70. The number of hydrogen-bond donors (Lipinski definition) is 3. The summed E-state index contributed by atoms with van der Waals surface area (Å²) in [7, 11) is 0. The second-order valence-corrected chi connectivity index (χ2v) is 4.37. The first-order chi connectivity index (χ1) is 6.61. The summed E-state index contributed by atoms with van der Waals surface area (Å²) in [6.07, 6.45) is 0. The van der Waals surface area contributed by atoms with Gasteiger partial charge >= 0.3 is 0 Å². The van der Waals surface area contributed by atoms with Gasteiger partial charge in [-0.1, -0.05) is 0 Å². The van der Waals surface area contributed by atoms with Crippen molar-refractivity contribution in [3.05, 3.63) is 16.6 Å². The molecule has 1 aromatic heterocycles. The van der Waals surface area contributed by atoms with Gasteiger partial charge in [-0.25, -0.2) is 4.98 Å². The van der Waals surface area contributed by atoms with Gasteiger partial charge in [0, 0.05) is 11.4 Å². The lowest BCUT2D eigenvalue weighted by Crippen LogP contribution is -2.49. The van der Waals surface area contributed by atoms with Gasteiger partial charge in [0.05, 0.1) is 30.0 Å². The molecule has 0 saturated carbocycles. The fourth-order valence-electron chi connectivity index (χ4n) is 1.17. The van der Waals surface area contributed by atoms with Crippen molar-refractivity contribution in [3.63, 3.8) is 0 Å². The molecule has 0 spiro atoms. The standard InChI is InChI=1S/C9H16N2O2S/c1-7(8-3-14-6-10-8)11-9(2,4-12)5-13/h3,6-7,11-13H,4-5H2,1-2H3. The second kappa shape index (κ2) is 4.84.